The zero-order chi connectivity index (χ0) is 12.5. The van der Waals surface area contributed by atoms with E-state index in [0.29, 0.717) is 0 Å². The van der Waals surface area contributed by atoms with Crippen LogP contribution in [0, 0.1) is 6.92 Å². The predicted molar refractivity (Wildman–Crippen MR) is 62.8 cm³/mol. The molecule has 0 aromatic carbocycles. The largest absolute Gasteiger partial charge is 0.368 e. The summed E-state index contributed by atoms with van der Waals surface area (Å²) in [6, 6.07) is 0.0381. The molecule has 5 nitrogen and oxygen atoms in total. The van der Waals surface area contributed by atoms with E-state index in [0.717, 1.165) is 11.3 Å². The fourth-order valence-corrected chi connectivity index (χ4v) is 1.73. The molecule has 3 N–H and O–H groups in total. The van der Waals surface area contributed by atoms with E-state index in [4.69, 9.17) is 5.73 Å². The molecule has 90 valence electrons. The predicted octanol–water partition coefficient (Wildman–Crippen LogP) is 0.643. The number of hydrogen-bond acceptors (Lipinski definition) is 3. The maximum absolute atomic E-state index is 11.2. The van der Waals surface area contributed by atoms with Gasteiger partial charge in [-0.05, 0) is 27.7 Å². The van der Waals surface area contributed by atoms with Crippen LogP contribution in [-0.4, -0.2) is 21.2 Å². The SMILES string of the molecule is Cc1nn(C)cc1C(C)NC(C)(C)C(N)=O. The van der Waals surface area contributed by atoms with Crippen LogP contribution >= 0.6 is 0 Å². The van der Waals surface area contributed by atoms with Crippen molar-refractivity contribution in [1.82, 2.24) is 15.1 Å². The maximum Gasteiger partial charge on any atom is 0.237 e. The molecule has 1 rings (SSSR count). The summed E-state index contributed by atoms with van der Waals surface area (Å²) in [5.41, 5.74) is 6.64. The molecule has 0 fully saturated rings. The van der Waals surface area contributed by atoms with E-state index in [-0.39, 0.29) is 11.9 Å². The van der Waals surface area contributed by atoms with Gasteiger partial charge in [0.1, 0.15) is 0 Å². The van der Waals surface area contributed by atoms with Gasteiger partial charge in [-0.3, -0.25) is 14.8 Å². The lowest BCUT2D eigenvalue weighted by atomic mass is 10.0. The average molecular weight is 224 g/mol. The summed E-state index contributed by atoms with van der Waals surface area (Å²) in [6.45, 7) is 7.49. The number of hydrogen-bond donors (Lipinski definition) is 2. The molecule has 16 heavy (non-hydrogen) atoms. The number of carbonyl (C=O) groups excluding carboxylic acids is 1. The number of aryl methyl sites for hydroxylation is 2. The van der Waals surface area contributed by atoms with Crippen LogP contribution in [-0.2, 0) is 11.8 Å². The highest BCUT2D eigenvalue weighted by Gasteiger charge is 2.27. The number of aromatic nitrogens is 2. The first-order valence-electron chi connectivity index (χ1n) is 5.32. The fraction of sp³-hybridized carbons (Fsp3) is 0.636. The number of primary amides is 1. The third kappa shape index (κ3) is 2.61. The molecule has 1 heterocycles. The van der Waals surface area contributed by atoms with E-state index in [9.17, 15) is 4.79 Å². The molecular weight excluding hydrogens is 204 g/mol. The minimum atomic E-state index is -0.721. The van der Waals surface area contributed by atoms with E-state index in [2.05, 4.69) is 10.4 Å². The van der Waals surface area contributed by atoms with Crippen molar-refractivity contribution in [3.8, 4) is 0 Å². The summed E-state index contributed by atoms with van der Waals surface area (Å²) in [5.74, 6) is -0.360. The molecule has 1 aromatic heterocycles. The van der Waals surface area contributed by atoms with Gasteiger partial charge in [-0.25, -0.2) is 0 Å². The third-order valence-corrected chi connectivity index (χ3v) is 2.71. The summed E-state index contributed by atoms with van der Waals surface area (Å²) >= 11 is 0. The highest BCUT2D eigenvalue weighted by molar-refractivity contribution is 5.83. The second-order valence-electron chi connectivity index (χ2n) is 4.70. The number of nitrogens with zero attached hydrogens (tertiary/aromatic N) is 2. The molecule has 0 saturated carbocycles. The van der Waals surface area contributed by atoms with Crippen LogP contribution in [0.5, 0.6) is 0 Å². The number of rotatable bonds is 4. The first-order chi connectivity index (χ1) is 7.24. The van der Waals surface area contributed by atoms with Crippen LogP contribution in [0.3, 0.4) is 0 Å². The van der Waals surface area contributed by atoms with Crippen molar-refractivity contribution in [2.75, 3.05) is 0 Å². The topological polar surface area (TPSA) is 72.9 Å². The Kier molecular flexibility index (Phi) is 3.38. The Labute approximate surface area is 96.0 Å². The van der Waals surface area contributed by atoms with Gasteiger partial charge < -0.3 is 5.73 Å². The molecule has 1 unspecified atom stereocenters. The van der Waals surface area contributed by atoms with Gasteiger partial charge in [0, 0.05) is 24.8 Å². The quantitative estimate of drug-likeness (QED) is 0.788. The van der Waals surface area contributed by atoms with Crippen molar-refractivity contribution in [3.05, 3.63) is 17.5 Å². The van der Waals surface area contributed by atoms with Gasteiger partial charge in [0.2, 0.25) is 5.91 Å². The van der Waals surface area contributed by atoms with Crippen LogP contribution in [0.1, 0.15) is 38.1 Å². The minimum Gasteiger partial charge on any atom is -0.368 e. The molecule has 5 heteroatoms. The Morgan fingerprint density at radius 1 is 1.62 bits per heavy atom. The normalized spacial score (nSPS) is 13.8. The van der Waals surface area contributed by atoms with Crippen LogP contribution in [0.15, 0.2) is 6.20 Å². The Balaban J connectivity index is 2.84. The standard InChI is InChI=1S/C11H20N4O/c1-7(13-11(3,4)10(12)16)9-6-15(5)14-8(9)2/h6-7,13H,1-5H3,(H2,12,16). The van der Waals surface area contributed by atoms with Gasteiger partial charge in [-0.15, -0.1) is 0 Å². The molecular formula is C11H20N4O. The lowest BCUT2D eigenvalue weighted by Gasteiger charge is -2.26. The summed E-state index contributed by atoms with van der Waals surface area (Å²) in [6.07, 6.45) is 1.95. The molecule has 0 aliphatic heterocycles. The maximum atomic E-state index is 11.2. The summed E-state index contributed by atoms with van der Waals surface area (Å²) < 4.78 is 1.76. The summed E-state index contributed by atoms with van der Waals surface area (Å²) in [5, 5.41) is 7.47. The van der Waals surface area contributed by atoms with Crippen molar-refractivity contribution >= 4 is 5.91 Å². The van der Waals surface area contributed by atoms with E-state index >= 15 is 0 Å². The zero-order valence-electron chi connectivity index (χ0n) is 10.5. The van der Waals surface area contributed by atoms with Gasteiger partial charge >= 0.3 is 0 Å². The first-order valence-corrected chi connectivity index (χ1v) is 5.32. The van der Waals surface area contributed by atoms with Crippen molar-refractivity contribution in [2.24, 2.45) is 12.8 Å². The van der Waals surface area contributed by atoms with E-state index in [1.54, 1.807) is 18.5 Å². The molecule has 0 bridgehead atoms. The van der Waals surface area contributed by atoms with Crippen LogP contribution in [0.4, 0.5) is 0 Å². The molecule has 1 atom stereocenters. The number of nitrogens with one attached hydrogen (secondary N) is 1. The highest BCUT2D eigenvalue weighted by atomic mass is 16.1. The summed E-state index contributed by atoms with van der Waals surface area (Å²) in [7, 11) is 1.88. The van der Waals surface area contributed by atoms with Crippen molar-refractivity contribution in [1.29, 1.82) is 0 Å². The van der Waals surface area contributed by atoms with Crippen LogP contribution in [0.25, 0.3) is 0 Å². The molecule has 0 radical (unpaired) electrons. The smallest absolute Gasteiger partial charge is 0.237 e. The van der Waals surface area contributed by atoms with E-state index in [1.165, 1.54) is 0 Å². The molecule has 1 aromatic rings. The lowest BCUT2D eigenvalue weighted by Crippen LogP contribution is -2.51. The number of amides is 1. The average Bonchev–Trinajstić information content (AvgIpc) is 2.44. The molecule has 0 spiro atoms. The fourth-order valence-electron chi connectivity index (χ4n) is 1.73. The van der Waals surface area contributed by atoms with E-state index < -0.39 is 5.54 Å². The Morgan fingerprint density at radius 2 is 2.19 bits per heavy atom. The molecule has 0 aliphatic rings. The first kappa shape index (κ1) is 12.7. The third-order valence-electron chi connectivity index (χ3n) is 2.71. The van der Waals surface area contributed by atoms with Gasteiger partial charge in [-0.1, -0.05) is 0 Å². The Bertz CT molecular complexity index is 395. The van der Waals surface area contributed by atoms with E-state index in [1.807, 2.05) is 27.1 Å². The van der Waals surface area contributed by atoms with Crippen molar-refractivity contribution < 1.29 is 4.79 Å². The second kappa shape index (κ2) is 4.25. The number of nitrogens with two attached hydrogens (primary N) is 1. The summed E-state index contributed by atoms with van der Waals surface area (Å²) in [4.78, 5) is 11.2. The molecule has 0 saturated heterocycles. The van der Waals surface area contributed by atoms with Gasteiger partial charge in [0.25, 0.3) is 0 Å². The second-order valence-corrected chi connectivity index (χ2v) is 4.70. The van der Waals surface area contributed by atoms with Crippen molar-refractivity contribution in [2.45, 2.75) is 39.3 Å². The highest BCUT2D eigenvalue weighted by Crippen LogP contribution is 2.18. The van der Waals surface area contributed by atoms with Crippen LogP contribution in [0.2, 0.25) is 0 Å². The Morgan fingerprint density at radius 3 is 2.56 bits per heavy atom. The minimum absolute atomic E-state index is 0.0381. The number of carbonyl (C=O) groups is 1. The van der Waals surface area contributed by atoms with Gasteiger partial charge in [-0.2, -0.15) is 5.10 Å². The lowest BCUT2D eigenvalue weighted by molar-refractivity contribution is -0.123. The molecule has 0 aliphatic carbocycles. The van der Waals surface area contributed by atoms with Gasteiger partial charge in [0.05, 0.1) is 11.2 Å². The Hall–Kier alpha value is -1.36. The van der Waals surface area contributed by atoms with Crippen molar-refractivity contribution in [3.63, 3.8) is 0 Å². The van der Waals surface area contributed by atoms with Crippen LogP contribution < -0.4 is 11.1 Å². The monoisotopic (exact) mass is 224 g/mol. The zero-order valence-corrected chi connectivity index (χ0v) is 10.5. The van der Waals surface area contributed by atoms with Gasteiger partial charge in [0.15, 0.2) is 0 Å². The molecule has 1 amide bonds.